The first-order chi connectivity index (χ1) is 10.4. The number of alkyl halides is 3. The van der Waals surface area contributed by atoms with E-state index in [0.29, 0.717) is 0 Å². The van der Waals surface area contributed by atoms with Crippen LogP contribution in [0.15, 0.2) is 53.9 Å². The topological polar surface area (TPSA) is 55.4 Å². The molecule has 1 aliphatic heterocycles. The second-order valence-corrected chi connectivity index (χ2v) is 6.81. The predicted molar refractivity (Wildman–Crippen MR) is 85.8 cm³/mol. The lowest BCUT2D eigenvalue weighted by atomic mass is 9.82. The molecule has 0 fully saturated rings. The zero-order valence-corrected chi connectivity index (χ0v) is 13.7. The van der Waals surface area contributed by atoms with Crippen molar-refractivity contribution in [2.75, 3.05) is 7.11 Å². The number of ether oxygens (including phenoxy) is 1. The number of halogens is 3. The highest BCUT2D eigenvalue weighted by molar-refractivity contribution is 6.77. The lowest BCUT2D eigenvalue weighted by Crippen LogP contribution is -2.31. The molecule has 1 unspecified atom stereocenters. The van der Waals surface area contributed by atoms with Crippen LogP contribution in [0.1, 0.15) is 11.5 Å². The molecule has 1 aromatic carbocycles. The van der Waals surface area contributed by atoms with E-state index >= 15 is 0 Å². The first-order valence-electron chi connectivity index (χ1n) is 6.27. The molecular formula is C15H12Cl3NO3. The minimum atomic E-state index is -2.11. The highest BCUT2D eigenvalue weighted by Gasteiger charge is 2.40. The van der Waals surface area contributed by atoms with E-state index in [1.807, 2.05) is 6.07 Å². The van der Waals surface area contributed by atoms with Gasteiger partial charge in [-0.25, -0.2) is 4.79 Å². The zero-order valence-electron chi connectivity index (χ0n) is 11.5. The molecule has 0 radical (unpaired) electrons. The Morgan fingerprint density at radius 2 is 1.68 bits per heavy atom. The van der Waals surface area contributed by atoms with Crippen LogP contribution in [-0.4, -0.2) is 22.7 Å². The molecule has 0 saturated heterocycles. The number of benzene rings is 1. The monoisotopic (exact) mass is 359 g/mol. The number of Topliss-reactive ketones (excluding diaryl/α,β-unsaturated/α-hetero) is 1. The van der Waals surface area contributed by atoms with Gasteiger partial charge in [-0.3, -0.25) is 4.79 Å². The lowest BCUT2D eigenvalue weighted by molar-refractivity contribution is -0.136. The molecule has 1 N–H and O–H groups in total. The van der Waals surface area contributed by atoms with Crippen molar-refractivity contribution >= 4 is 46.6 Å². The van der Waals surface area contributed by atoms with Crippen molar-refractivity contribution in [3.63, 3.8) is 0 Å². The molecule has 0 spiro atoms. The molecule has 4 nitrogen and oxygen atoms in total. The summed E-state index contributed by atoms with van der Waals surface area (Å²) in [6, 6.07) is 8.98. The molecule has 7 heteroatoms. The van der Waals surface area contributed by atoms with E-state index in [1.54, 1.807) is 24.3 Å². The van der Waals surface area contributed by atoms with Gasteiger partial charge >= 0.3 is 5.97 Å². The van der Waals surface area contributed by atoms with Crippen molar-refractivity contribution in [3.05, 3.63) is 59.4 Å². The van der Waals surface area contributed by atoms with Crippen molar-refractivity contribution in [1.82, 2.24) is 5.32 Å². The molecule has 0 amide bonds. The summed E-state index contributed by atoms with van der Waals surface area (Å²) in [6.45, 7) is 0. The van der Waals surface area contributed by atoms with Gasteiger partial charge < -0.3 is 10.1 Å². The summed E-state index contributed by atoms with van der Waals surface area (Å²) < 4.78 is 2.66. The summed E-state index contributed by atoms with van der Waals surface area (Å²) in [5.41, 5.74) is 1.15. The molecule has 0 aromatic heterocycles. The Morgan fingerprint density at radius 1 is 1.09 bits per heavy atom. The number of ketones is 1. The Bertz CT molecular complexity index is 648. The Morgan fingerprint density at radius 3 is 2.23 bits per heavy atom. The van der Waals surface area contributed by atoms with E-state index in [1.165, 1.54) is 19.5 Å². The summed E-state index contributed by atoms with van der Waals surface area (Å²) >= 11 is 17.1. The summed E-state index contributed by atoms with van der Waals surface area (Å²) in [5.74, 6) is -1.93. The smallest absolute Gasteiger partial charge is 0.336 e. The Labute approximate surface area is 142 Å². The zero-order chi connectivity index (χ0) is 16.3. The summed E-state index contributed by atoms with van der Waals surface area (Å²) in [7, 11) is 1.26. The molecule has 1 atom stereocenters. The van der Waals surface area contributed by atoms with Crippen molar-refractivity contribution in [2.24, 2.45) is 0 Å². The van der Waals surface area contributed by atoms with Crippen molar-refractivity contribution < 1.29 is 14.3 Å². The van der Waals surface area contributed by atoms with Crippen LogP contribution < -0.4 is 5.32 Å². The van der Waals surface area contributed by atoms with Crippen LogP contribution in [0.5, 0.6) is 0 Å². The van der Waals surface area contributed by atoms with Gasteiger partial charge in [0.05, 0.1) is 12.7 Å². The fourth-order valence-electron chi connectivity index (χ4n) is 2.21. The number of allylic oxidation sites excluding steroid dienone is 1. The summed E-state index contributed by atoms with van der Waals surface area (Å²) in [5, 5.41) is 2.73. The second-order valence-electron chi connectivity index (χ2n) is 4.53. The number of methoxy groups -OCH3 is 1. The fourth-order valence-corrected chi connectivity index (χ4v) is 2.54. The Kier molecular flexibility index (Phi) is 5.16. The maximum Gasteiger partial charge on any atom is 0.336 e. The number of hydrogen-bond acceptors (Lipinski definition) is 4. The van der Waals surface area contributed by atoms with Crippen LogP contribution in [-0.2, 0) is 14.3 Å². The van der Waals surface area contributed by atoms with Gasteiger partial charge in [-0.15, -0.1) is 0 Å². The van der Waals surface area contributed by atoms with Crippen molar-refractivity contribution in [3.8, 4) is 0 Å². The van der Waals surface area contributed by atoms with E-state index in [-0.39, 0.29) is 11.1 Å². The Balaban J connectivity index is 2.52. The SMILES string of the molecule is COC(=O)C1=CNC=C(C(=O)C(Cl)(Cl)Cl)C1c1ccccc1. The third-order valence-electron chi connectivity index (χ3n) is 3.17. The third kappa shape index (κ3) is 3.46. The lowest BCUT2D eigenvalue weighted by Gasteiger charge is -2.26. The van der Waals surface area contributed by atoms with E-state index < -0.39 is 21.5 Å². The van der Waals surface area contributed by atoms with E-state index in [2.05, 4.69) is 5.32 Å². The number of esters is 1. The Hall–Kier alpha value is -1.49. The van der Waals surface area contributed by atoms with Gasteiger partial charge in [-0.2, -0.15) is 0 Å². The molecule has 2 rings (SSSR count). The van der Waals surface area contributed by atoms with Gasteiger partial charge in [0.15, 0.2) is 0 Å². The summed E-state index contributed by atoms with van der Waals surface area (Å²) in [4.78, 5) is 24.4. The van der Waals surface area contributed by atoms with Crippen molar-refractivity contribution in [2.45, 2.75) is 9.71 Å². The molecule has 1 aliphatic rings. The fraction of sp³-hybridized carbons (Fsp3) is 0.200. The largest absolute Gasteiger partial charge is 0.466 e. The van der Waals surface area contributed by atoms with Gasteiger partial charge in [-0.05, 0) is 5.56 Å². The van der Waals surface area contributed by atoms with Crippen LogP contribution in [0.2, 0.25) is 0 Å². The maximum atomic E-state index is 12.4. The van der Waals surface area contributed by atoms with Crippen LogP contribution in [0.3, 0.4) is 0 Å². The van der Waals surface area contributed by atoms with Gasteiger partial charge in [0, 0.05) is 23.9 Å². The molecular weight excluding hydrogens is 349 g/mol. The van der Waals surface area contributed by atoms with Gasteiger partial charge in [0.2, 0.25) is 5.78 Å². The number of hydrogen-bond donors (Lipinski definition) is 1. The van der Waals surface area contributed by atoms with Crippen LogP contribution >= 0.6 is 34.8 Å². The highest BCUT2D eigenvalue weighted by Crippen LogP contribution is 2.40. The van der Waals surface area contributed by atoms with Gasteiger partial charge in [0.25, 0.3) is 3.79 Å². The van der Waals surface area contributed by atoms with Crippen LogP contribution in [0.25, 0.3) is 0 Å². The minimum Gasteiger partial charge on any atom is -0.466 e. The summed E-state index contributed by atoms with van der Waals surface area (Å²) in [6.07, 6.45) is 2.90. The minimum absolute atomic E-state index is 0.175. The number of nitrogens with one attached hydrogen (secondary N) is 1. The number of carbonyl (C=O) groups is 2. The first kappa shape index (κ1) is 16.9. The van der Waals surface area contributed by atoms with Gasteiger partial charge in [0.1, 0.15) is 0 Å². The first-order valence-corrected chi connectivity index (χ1v) is 7.40. The average molecular weight is 361 g/mol. The molecule has 0 bridgehead atoms. The molecule has 22 heavy (non-hydrogen) atoms. The van der Waals surface area contributed by atoms with Crippen molar-refractivity contribution in [1.29, 1.82) is 0 Å². The number of rotatable bonds is 3. The van der Waals surface area contributed by atoms with E-state index in [9.17, 15) is 9.59 Å². The van der Waals surface area contributed by atoms with E-state index in [4.69, 9.17) is 39.5 Å². The number of dihydropyridines is 1. The molecule has 0 saturated carbocycles. The number of carbonyl (C=O) groups excluding carboxylic acids is 2. The highest BCUT2D eigenvalue weighted by atomic mass is 35.6. The average Bonchev–Trinajstić information content (AvgIpc) is 2.52. The van der Waals surface area contributed by atoms with E-state index in [0.717, 1.165) is 5.56 Å². The normalized spacial score (nSPS) is 17.9. The predicted octanol–water partition coefficient (Wildman–Crippen LogP) is 3.25. The molecule has 116 valence electrons. The second kappa shape index (κ2) is 6.73. The molecule has 1 aromatic rings. The standard InChI is InChI=1S/C15H12Cl3NO3/c1-22-14(21)11-8-19-7-10(13(20)15(16,17)18)12(11)9-5-3-2-4-6-9/h2-8,12,19H,1H3. The van der Waals surface area contributed by atoms with Crippen LogP contribution in [0, 0.1) is 0 Å². The van der Waals surface area contributed by atoms with Gasteiger partial charge in [-0.1, -0.05) is 65.1 Å². The third-order valence-corrected chi connectivity index (χ3v) is 3.69. The van der Waals surface area contributed by atoms with Crippen LogP contribution in [0.4, 0.5) is 0 Å². The quantitative estimate of drug-likeness (QED) is 0.664. The molecule has 1 heterocycles. The maximum absolute atomic E-state index is 12.4. The molecule has 0 aliphatic carbocycles.